The molecule has 11 heavy (non-hydrogen) atoms. The molecule has 0 radical (unpaired) electrons. The van der Waals surface area contributed by atoms with Crippen molar-refractivity contribution in [2.45, 2.75) is 32.4 Å². The normalized spacial score (nSPS) is 29.3. The van der Waals surface area contributed by atoms with Gasteiger partial charge in [0.15, 0.2) is 0 Å². The third-order valence-electron chi connectivity index (χ3n) is 2.18. The average molecular weight is 151 g/mol. The predicted octanol–water partition coefficient (Wildman–Crippen LogP) is 1.65. The number of aromatic nitrogens is 2. The van der Waals surface area contributed by atoms with Gasteiger partial charge in [-0.3, -0.25) is 0 Å². The molecule has 2 rings (SSSR count). The Bertz CT molecular complexity index is 254. The van der Waals surface area contributed by atoms with Gasteiger partial charge in [0.25, 0.3) is 0 Å². The van der Waals surface area contributed by atoms with Crippen molar-refractivity contribution in [3.8, 4) is 0 Å². The van der Waals surface area contributed by atoms with E-state index in [2.05, 4.69) is 24.3 Å². The lowest BCUT2D eigenvalue weighted by atomic mass is 10.1. The van der Waals surface area contributed by atoms with Crippen LogP contribution in [0.25, 0.3) is 0 Å². The summed E-state index contributed by atoms with van der Waals surface area (Å²) in [5, 5.41) is 7.60. The van der Waals surface area contributed by atoms with E-state index in [1.807, 2.05) is 16.9 Å². The van der Waals surface area contributed by atoms with Gasteiger partial charge in [-0.25, -0.2) is 4.68 Å². The van der Waals surface area contributed by atoms with Gasteiger partial charge in [0.1, 0.15) is 5.82 Å². The minimum absolute atomic E-state index is 0.538. The predicted molar refractivity (Wildman–Crippen MR) is 44.6 cm³/mol. The summed E-state index contributed by atoms with van der Waals surface area (Å²) in [4.78, 5) is 0. The molecular weight excluding hydrogens is 138 g/mol. The third-order valence-corrected chi connectivity index (χ3v) is 2.18. The molecule has 1 aromatic heterocycles. The van der Waals surface area contributed by atoms with E-state index in [1.54, 1.807) is 0 Å². The first-order valence-corrected chi connectivity index (χ1v) is 4.07. The summed E-state index contributed by atoms with van der Waals surface area (Å²) in [6.45, 7) is 4.40. The zero-order valence-corrected chi connectivity index (χ0v) is 6.91. The number of fused-ring (bicyclic) bond motifs is 1. The van der Waals surface area contributed by atoms with E-state index >= 15 is 0 Å². The highest BCUT2D eigenvalue weighted by molar-refractivity contribution is 5.37. The molecule has 0 amide bonds. The summed E-state index contributed by atoms with van der Waals surface area (Å²) in [7, 11) is 0. The highest BCUT2D eigenvalue weighted by atomic mass is 15.4. The fourth-order valence-corrected chi connectivity index (χ4v) is 1.70. The monoisotopic (exact) mass is 151 g/mol. The highest BCUT2D eigenvalue weighted by Crippen LogP contribution is 2.24. The Hall–Kier alpha value is -0.990. The SMILES string of the molecule is C[C@@H]1C[C@@H](C)n2nccc2N1. The van der Waals surface area contributed by atoms with Crippen molar-refractivity contribution in [1.29, 1.82) is 0 Å². The fourth-order valence-electron chi connectivity index (χ4n) is 1.70. The number of nitrogens with zero attached hydrogens (tertiary/aromatic N) is 2. The molecule has 0 unspecified atom stereocenters. The Morgan fingerprint density at radius 1 is 1.64 bits per heavy atom. The molecule has 1 aliphatic heterocycles. The maximum absolute atomic E-state index is 4.23. The van der Waals surface area contributed by atoms with Crippen molar-refractivity contribution in [3.05, 3.63) is 12.3 Å². The lowest BCUT2D eigenvalue weighted by Crippen LogP contribution is -2.28. The minimum atomic E-state index is 0.538. The molecule has 0 bridgehead atoms. The van der Waals surface area contributed by atoms with E-state index in [0.29, 0.717) is 12.1 Å². The molecule has 0 saturated carbocycles. The van der Waals surface area contributed by atoms with Gasteiger partial charge < -0.3 is 5.32 Å². The highest BCUT2D eigenvalue weighted by Gasteiger charge is 2.19. The van der Waals surface area contributed by atoms with Gasteiger partial charge in [-0.15, -0.1) is 0 Å². The summed E-state index contributed by atoms with van der Waals surface area (Å²) in [6.07, 6.45) is 3.01. The standard InChI is InChI=1S/C8H13N3/c1-6-5-7(2)11-8(10-6)3-4-9-11/h3-4,6-7,10H,5H2,1-2H3/t6-,7-/m1/s1. The Morgan fingerprint density at radius 2 is 2.45 bits per heavy atom. The van der Waals surface area contributed by atoms with E-state index in [9.17, 15) is 0 Å². The second-order valence-corrected chi connectivity index (χ2v) is 3.29. The molecular formula is C8H13N3. The molecule has 1 N–H and O–H groups in total. The molecule has 0 spiro atoms. The molecule has 60 valence electrons. The van der Waals surface area contributed by atoms with E-state index in [0.717, 1.165) is 12.2 Å². The van der Waals surface area contributed by atoms with Crippen molar-refractivity contribution in [3.63, 3.8) is 0 Å². The Morgan fingerprint density at radius 3 is 3.27 bits per heavy atom. The Kier molecular flexibility index (Phi) is 1.37. The van der Waals surface area contributed by atoms with Gasteiger partial charge in [0, 0.05) is 12.1 Å². The summed E-state index contributed by atoms with van der Waals surface area (Å²) in [5.74, 6) is 1.15. The van der Waals surface area contributed by atoms with E-state index in [1.165, 1.54) is 0 Å². The smallest absolute Gasteiger partial charge is 0.124 e. The van der Waals surface area contributed by atoms with Gasteiger partial charge in [-0.2, -0.15) is 5.10 Å². The summed E-state index contributed by atoms with van der Waals surface area (Å²) in [5.41, 5.74) is 0. The van der Waals surface area contributed by atoms with E-state index in [4.69, 9.17) is 0 Å². The first-order valence-electron chi connectivity index (χ1n) is 4.07. The summed E-state index contributed by atoms with van der Waals surface area (Å²) >= 11 is 0. The largest absolute Gasteiger partial charge is 0.368 e. The Labute approximate surface area is 66.4 Å². The number of anilines is 1. The van der Waals surface area contributed by atoms with Crippen LogP contribution in [0.4, 0.5) is 5.82 Å². The van der Waals surface area contributed by atoms with Crippen LogP contribution in [-0.4, -0.2) is 15.8 Å². The van der Waals surface area contributed by atoms with Crippen LogP contribution >= 0.6 is 0 Å². The zero-order valence-electron chi connectivity index (χ0n) is 6.91. The van der Waals surface area contributed by atoms with Gasteiger partial charge in [0.2, 0.25) is 0 Å². The second-order valence-electron chi connectivity index (χ2n) is 3.29. The number of nitrogens with one attached hydrogen (secondary N) is 1. The minimum Gasteiger partial charge on any atom is -0.368 e. The van der Waals surface area contributed by atoms with Crippen molar-refractivity contribution < 1.29 is 0 Å². The molecule has 2 heterocycles. The lowest BCUT2D eigenvalue weighted by molar-refractivity contribution is 0.414. The van der Waals surface area contributed by atoms with Crippen LogP contribution in [-0.2, 0) is 0 Å². The summed E-state index contributed by atoms with van der Waals surface area (Å²) in [6, 6.07) is 3.14. The molecule has 0 saturated heterocycles. The van der Waals surface area contributed by atoms with Crippen LogP contribution in [0.3, 0.4) is 0 Å². The van der Waals surface area contributed by atoms with Crippen molar-refractivity contribution in [1.82, 2.24) is 9.78 Å². The van der Waals surface area contributed by atoms with Crippen molar-refractivity contribution in [2.75, 3.05) is 5.32 Å². The van der Waals surface area contributed by atoms with Crippen LogP contribution in [0.5, 0.6) is 0 Å². The van der Waals surface area contributed by atoms with E-state index < -0.39 is 0 Å². The second kappa shape index (κ2) is 2.26. The molecule has 1 aliphatic rings. The quantitative estimate of drug-likeness (QED) is 0.611. The topological polar surface area (TPSA) is 29.9 Å². The van der Waals surface area contributed by atoms with E-state index in [-0.39, 0.29) is 0 Å². The van der Waals surface area contributed by atoms with Crippen LogP contribution in [0.15, 0.2) is 12.3 Å². The maximum atomic E-state index is 4.23. The molecule has 2 atom stereocenters. The molecule has 0 fully saturated rings. The lowest BCUT2D eigenvalue weighted by Gasteiger charge is -2.27. The molecule has 3 heteroatoms. The number of hydrogen-bond donors (Lipinski definition) is 1. The molecule has 3 nitrogen and oxygen atoms in total. The molecule has 1 aromatic rings. The molecule has 0 aliphatic carbocycles. The Balaban J connectivity index is 2.36. The first kappa shape index (κ1) is 6.70. The maximum Gasteiger partial charge on any atom is 0.124 e. The van der Waals surface area contributed by atoms with Crippen molar-refractivity contribution >= 4 is 5.82 Å². The van der Waals surface area contributed by atoms with Crippen LogP contribution < -0.4 is 5.32 Å². The average Bonchev–Trinajstić information content (AvgIpc) is 2.34. The third kappa shape index (κ3) is 1.00. The molecule has 0 aromatic carbocycles. The summed E-state index contributed by atoms with van der Waals surface area (Å²) < 4.78 is 2.04. The van der Waals surface area contributed by atoms with Crippen LogP contribution in [0.2, 0.25) is 0 Å². The van der Waals surface area contributed by atoms with Gasteiger partial charge in [-0.1, -0.05) is 0 Å². The van der Waals surface area contributed by atoms with Crippen LogP contribution in [0, 0.1) is 0 Å². The number of hydrogen-bond acceptors (Lipinski definition) is 2. The van der Waals surface area contributed by atoms with Gasteiger partial charge >= 0.3 is 0 Å². The number of rotatable bonds is 0. The van der Waals surface area contributed by atoms with Crippen LogP contribution in [0.1, 0.15) is 26.3 Å². The fraction of sp³-hybridized carbons (Fsp3) is 0.625. The zero-order chi connectivity index (χ0) is 7.84. The van der Waals surface area contributed by atoms with Gasteiger partial charge in [-0.05, 0) is 20.3 Å². The van der Waals surface area contributed by atoms with Gasteiger partial charge in [0.05, 0.1) is 12.2 Å². The first-order chi connectivity index (χ1) is 5.27. The van der Waals surface area contributed by atoms with Crippen molar-refractivity contribution in [2.24, 2.45) is 0 Å².